The molecule has 0 fully saturated rings. The Hall–Kier alpha value is -1.05. The molecule has 0 aliphatic carbocycles. The molecule has 0 N–H and O–H groups in total. The zero-order chi connectivity index (χ0) is 36.9. The third-order valence-electron chi connectivity index (χ3n) is 9.91. The number of hydrogen-bond acceptors (Lipinski definition) is 7. The number of rotatable bonds is 30. The second-order valence-corrected chi connectivity index (χ2v) is 20.7. The monoisotopic (exact) mass is 802 g/mol. The fourth-order valence-electron chi connectivity index (χ4n) is 6.99. The maximum absolute atomic E-state index is 13.9. The second kappa shape index (κ2) is 25.2. The molecule has 0 unspecified atom stereocenters. The molecular weight excluding hydrogens is 736 g/mol. The van der Waals surface area contributed by atoms with Gasteiger partial charge in [-0.25, -0.2) is 0 Å². The van der Waals surface area contributed by atoms with E-state index < -0.39 is 7.60 Å². The third-order valence-corrected chi connectivity index (χ3v) is 17.4. The van der Waals surface area contributed by atoms with E-state index in [-0.39, 0.29) is 0 Å². The summed E-state index contributed by atoms with van der Waals surface area (Å²) in [4.78, 5) is 7.95. The highest BCUT2D eigenvalue weighted by atomic mass is 32.1. The molecule has 52 heavy (non-hydrogen) atoms. The summed E-state index contributed by atoms with van der Waals surface area (Å²) in [6, 6.07) is 13.7. The van der Waals surface area contributed by atoms with Crippen LogP contribution in [0.1, 0.15) is 167 Å². The Kier molecular flexibility index (Phi) is 21.1. The van der Waals surface area contributed by atoms with Crippen LogP contribution in [-0.2, 0) is 26.5 Å². The summed E-state index contributed by atoms with van der Waals surface area (Å²) in [5.74, 6) is 0. The Morgan fingerprint density at radius 3 is 1.38 bits per heavy atom. The summed E-state index contributed by atoms with van der Waals surface area (Å²) >= 11 is 7.28. The lowest BCUT2D eigenvalue weighted by molar-refractivity contribution is 0.230. The molecule has 0 aliphatic heterocycles. The van der Waals surface area contributed by atoms with Crippen LogP contribution < -0.4 is 4.62 Å². The van der Waals surface area contributed by atoms with Gasteiger partial charge in [0.2, 0.25) is 0 Å². The normalized spacial score (nSPS) is 12.0. The van der Waals surface area contributed by atoms with Gasteiger partial charge >= 0.3 is 7.60 Å². The molecule has 290 valence electrons. The molecule has 0 aromatic carbocycles. The molecule has 0 aliphatic rings. The third kappa shape index (κ3) is 14.2. The van der Waals surface area contributed by atoms with Crippen LogP contribution in [-0.4, -0.2) is 13.2 Å². The number of unbranched alkanes of at least 4 members (excludes halogenated alkanes) is 18. The van der Waals surface area contributed by atoms with Gasteiger partial charge in [-0.2, -0.15) is 0 Å². The van der Waals surface area contributed by atoms with Crippen molar-refractivity contribution in [3.63, 3.8) is 0 Å². The molecule has 0 radical (unpaired) electrons. The fraction of sp³-hybridized carbons (Fsp3) is 0.636. The van der Waals surface area contributed by atoms with Crippen molar-refractivity contribution in [3.05, 3.63) is 52.9 Å². The topological polar surface area (TPSA) is 35.5 Å². The van der Waals surface area contributed by atoms with E-state index in [1.807, 2.05) is 47.9 Å². The quantitative estimate of drug-likeness (QED) is 0.0389. The number of hydrogen-bond donors (Lipinski definition) is 0. The highest BCUT2D eigenvalue weighted by Gasteiger charge is 2.31. The standard InChI is InChI=1S/C44H67O3PS4/c1-5-9-11-13-15-17-19-21-23-25-27-36-33-34-49-43(36)40-31-29-38(50-40)39-30-32-41(51-39)44-37(28-26-24-22-20-18-16-14-12-10-6-2)35-42(52-44)48(45,46-7-3)47-8-4/h29-35H,5-28H2,1-4H3. The summed E-state index contributed by atoms with van der Waals surface area (Å²) in [6.45, 7) is 9.10. The first kappa shape index (κ1) is 43.7. The molecule has 4 rings (SSSR count). The van der Waals surface area contributed by atoms with Gasteiger partial charge in [-0.05, 0) is 92.4 Å². The van der Waals surface area contributed by atoms with Crippen molar-refractivity contribution in [3.8, 4) is 29.3 Å². The minimum absolute atomic E-state index is 0.368. The molecule has 0 bridgehead atoms. The first-order valence-corrected chi connectivity index (χ1v) is 25.7. The van der Waals surface area contributed by atoms with E-state index in [0.717, 1.165) is 17.5 Å². The van der Waals surface area contributed by atoms with Gasteiger partial charge in [0.05, 0.1) is 13.2 Å². The van der Waals surface area contributed by atoms with E-state index in [9.17, 15) is 4.57 Å². The Morgan fingerprint density at radius 2 is 0.904 bits per heavy atom. The van der Waals surface area contributed by atoms with Gasteiger partial charge in [0.15, 0.2) is 0 Å². The molecule has 0 saturated carbocycles. The van der Waals surface area contributed by atoms with Crippen LogP contribution >= 0.6 is 52.9 Å². The Balaban J connectivity index is 1.37. The van der Waals surface area contributed by atoms with Crippen LogP contribution in [0.25, 0.3) is 29.3 Å². The highest BCUT2D eigenvalue weighted by molar-refractivity contribution is 7.69. The first-order chi connectivity index (χ1) is 25.5. The molecule has 0 amide bonds. The molecule has 0 saturated heterocycles. The molecule has 0 atom stereocenters. The Morgan fingerprint density at radius 1 is 0.481 bits per heavy atom. The Bertz CT molecular complexity index is 1550. The second-order valence-electron chi connectivity index (χ2n) is 14.2. The van der Waals surface area contributed by atoms with Crippen molar-refractivity contribution in [1.82, 2.24) is 0 Å². The van der Waals surface area contributed by atoms with E-state index >= 15 is 0 Å². The Labute approximate surface area is 333 Å². The van der Waals surface area contributed by atoms with Crippen molar-refractivity contribution in [2.45, 2.75) is 169 Å². The average Bonchev–Trinajstić information content (AvgIpc) is 3.97. The van der Waals surface area contributed by atoms with Crippen molar-refractivity contribution in [2.24, 2.45) is 0 Å². The van der Waals surface area contributed by atoms with E-state index in [4.69, 9.17) is 9.05 Å². The SMILES string of the molecule is CCCCCCCCCCCCc1ccsc1-c1ccc(-c2ccc(-c3sc(P(=O)(OCC)OCC)cc3CCCCCCCCCCCC)s2)s1. The lowest BCUT2D eigenvalue weighted by Gasteiger charge is -2.14. The zero-order valence-electron chi connectivity index (χ0n) is 32.8. The highest BCUT2D eigenvalue weighted by Crippen LogP contribution is 2.52. The van der Waals surface area contributed by atoms with E-state index in [2.05, 4.69) is 55.6 Å². The van der Waals surface area contributed by atoms with Crippen molar-refractivity contribution in [2.75, 3.05) is 13.2 Å². The van der Waals surface area contributed by atoms with Crippen LogP contribution in [0.2, 0.25) is 0 Å². The lowest BCUT2D eigenvalue weighted by atomic mass is 10.0. The summed E-state index contributed by atoms with van der Waals surface area (Å²) in [5, 5.41) is 2.28. The largest absolute Gasteiger partial charge is 0.371 e. The summed E-state index contributed by atoms with van der Waals surface area (Å²) in [6.07, 6.45) is 29.2. The molecule has 8 heteroatoms. The van der Waals surface area contributed by atoms with Crippen LogP contribution in [0, 0.1) is 0 Å². The van der Waals surface area contributed by atoms with Crippen LogP contribution in [0.15, 0.2) is 41.8 Å². The van der Waals surface area contributed by atoms with Gasteiger partial charge in [-0.15, -0.1) is 45.3 Å². The van der Waals surface area contributed by atoms with E-state index in [1.165, 1.54) is 169 Å². The van der Waals surface area contributed by atoms with E-state index in [0.29, 0.717) is 13.2 Å². The van der Waals surface area contributed by atoms with E-state index in [1.54, 1.807) is 11.3 Å². The zero-order valence-corrected chi connectivity index (χ0v) is 37.0. The summed E-state index contributed by atoms with van der Waals surface area (Å²) in [5.41, 5.74) is 2.80. The molecule has 0 spiro atoms. The summed E-state index contributed by atoms with van der Waals surface area (Å²) < 4.78 is 26.2. The molecule has 4 aromatic rings. The van der Waals surface area contributed by atoms with Gasteiger partial charge in [0.1, 0.15) is 4.62 Å². The van der Waals surface area contributed by atoms with Crippen LogP contribution in [0.4, 0.5) is 0 Å². The first-order valence-electron chi connectivity index (χ1n) is 20.8. The average molecular weight is 803 g/mol. The summed E-state index contributed by atoms with van der Waals surface area (Å²) in [7, 11) is -3.34. The van der Waals surface area contributed by atoms with Gasteiger partial charge in [-0.1, -0.05) is 129 Å². The smallest absolute Gasteiger partial charge is 0.305 e. The predicted molar refractivity (Wildman–Crippen MR) is 236 cm³/mol. The minimum Gasteiger partial charge on any atom is -0.305 e. The van der Waals surface area contributed by atoms with Crippen molar-refractivity contribution < 1.29 is 13.6 Å². The maximum atomic E-state index is 13.9. The van der Waals surface area contributed by atoms with Crippen LogP contribution in [0.3, 0.4) is 0 Å². The van der Waals surface area contributed by atoms with Crippen molar-refractivity contribution >= 4 is 57.6 Å². The molecular formula is C44H67O3PS4. The maximum Gasteiger partial charge on any atom is 0.371 e. The molecule has 3 nitrogen and oxygen atoms in total. The van der Waals surface area contributed by atoms with Crippen molar-refractivity contribution in [1.29, 1.82) is 0 Å². The number of thiophene rings is 4. The van der Waals surface area contributed by atoms with Gasteiger partial charge in [-0.3, -0.25) is 4.57 Å². The lowest BCUT2D eigenvalue weighted by Crippen LogP contribution is -2.06. The number of aryl methyl sites for hydroxylation is 2. The van der Waals surface area contributed by atoms with Gasteiger partial charge in [0.25, 0.3) is 0 Å². The van der Waals surface area contributed by atoms with Gasteiger partial charge < -0.3 is 9.05 Å². The van der Waals surface area contributed by atoms with Gasteiger partial charge in [0, 0.05) is 29.3 Å². The predicted octanol–water partition coefficient (Wildman–Crippen LogP) is 16.8. The minimum atomic E-state index is -3.34. The fourth-order valence-corrected chi connectivity index (χ4v) is 13.7. The molecule has 4 heterocycles. The molecule has 4 aromatic heterocycles. The van der Waals surface area contributed by atoms with Crippen LogP contribution in [0.5, 0.6) is 0 Å².